The summed E-state index contributed by atoms with van der Waals surface area (Å²) in [5.41, 5.74) is 6.72. The van der Waals surface area contributed by atoms with Crippen LogP contribution in [0.25, 0.3) is 0 Å². The van der Waals surface area contributed by atoms with E-state index in [1.54, 1.807) is 18.3 Å². The smallest absolute Gasteiger partial charge is 0.184 e. The van der Waals surface area contributed by atoms with Crippen LogP contribution >= 0.6 is 0 Å². The molecule has 1 atom stereocenters. The maximum absolute atomic E-state index is 12.6. The Balaban J connectivity index is 1.73. The van der Waals surface area contributed by atoms with Gasteiger partial charge < -0.3 is 10.5 Å². The van der Waals surface area contributed by atoms with Crippen LogP contribution in [0.5, 0.6) is 0 Å². The molecule has 0 amide bonds. The van der Waals surface area contributed by atoms with E-state index in [-0.39, 0.29) is 17.3 Å². The minimum atomic E-state index is -0.0371. The first-order chi connectivity index (χ1) is 9.69. The predicted octanol–water partition coefficient (Wildman–Crippen LogP) is 2.98. The number of anilines is 1. The number of ketones is 1. The molecule has 1 aromatic rings. The van der Waals surface area contributed by atoms with Crippen LogP contribution in [0.2, 0.25) is 0 Å². The molecule has 2 N–H and O–H groups in total. The van der Waals surface area contributed by atoms with Gasteiger partial charge in [-0.05, 0) is 37.8 Å². The van der Waals surface area contributed by atoms with Crippen LogP contribution < -0.4 is 5.73 Å². The summed E-state index contributed by atoms with van der Waals surface area (Å²) in [7, 11) is 0. The third-order valence-corrected chi connectivity index (χ3v) is 4.67. The number of rotatable bonds is 2. The van der Waals surface area contributed by atoms with Crippen LogP contribution in [0, 0.1) is 5.92 Å². The van der Waals surface area contributed by atoms with E-state index >= 15 is 0 Å². The molecule has 4 heteroatoms. The van der Waals surface area contributed by atoms with Gasteiger partial charge in [0.05, 0.1) is 17.5 Å². The van der Waals surface area contributed by atoms with E-state index in [0.717, 1.165) is 25.7 Å². The maximum atomic E-state index is 12.6. The molecule has 0 radical (unpaired) electrons. The van der Waals surface area contributed by atoms with Crippen molar-refractivity contribution >= 4 is 11.5 Å². The molecule has 20 heavy (non-hydrogen) atoms. The summed E-state index contributed by atoms with van der Waals surface area (Å²) >= 11 is 0. The lowest BCUT2D eigenvalue weighted by Gasteiger charge is -2.43. The first kappa shape index (κ1) is 13.6. The van der Waals surface area contributed by atoms with Crippen molar-refractivity contribution in [1.29, 1.82) is 0 Å². The van der Waals surface area contributed by atoms with Crippen molar-refractivity contribution < 1.29 is 9.53 Å². The lowest BCUT2D eigenvalue weighted by Crippen LogP contribution is -2.43. The molecule has 1 spiro atoms. The summed E-state index contributed by atoms with van der Waals surface area (Å²) in [6.07, 6.45) is 9.18. The van der Waals surface area contributed by atoms with Crippen LogP contribution in [0.15, 0.2) is 18.3 Å². The molecule has 1 unspecified atom stereocenters. The number of carbonyl (C=O) groups is 1. The quantitative estimate of drug-likeness (QED) is 0.842. The van der Waals surface area contributed by atoms with E-state index in [0.29, 0.717) is 18.0 Å². The largest absolute Gasteiger partial charge is 0.397 e. The average molecular weight is 274 g/mol. The van der Waals surface area contributed by atoms with Crippen molar-refractivity contribution in [3.05, 3.63) is 24.0 Å². The zero-order valence-electron chi connectivity index (χ0n) is 11.8. The Morgan fingerprint density at radius 2 is 2.10 bits per heavy atom. The Morgan fingerprint density at radius 3 is 2.80 bits per heavy atom. The second-order valence-corrected chi connectivity index (χ2v) is 6.12. The highest BCUT2D eigenvalue weighted by molar-refractivity contribution is 5.96. The standard InChI is InChI=1S/C16H22N2O2/c17-13-4-5-14(18-11-13)15(19)12-6-9-20-16(10-12)7-2-1-3-8-16/h4-5,11-12H,1-3,6-10,17H2. The fourth-order valence-corrected chi connectivity index (χ4v) is 3.56. The number of nitrogens with zero attached hydrogens (tertiary/aromatic N) is 1. The second-order valence-electron chi connectivity index (χ2n) is 6.12. The summed E-state index contributed by atoms with van der Waals surface area (Å²) in [6.45, 7) is 0.700. The third kappa shape index (κ3) is 2.70. The monoisotopic (exact) mass is 274 g/mol. The predicted molar refractivity (Wildman–Crippen MR) is 77.5 cm³/mol. The van der Waals surface area contributed by atoms with Gasteiger partial charge in [-0.3, -0.25) is 9.78 Å². The fourth-order valence-electron chi connectivity index (χ4n) is 3.56. The fraction of sp³-hybridized carbons (Fsp3) is 0.625. The van der Waals surface area contributed by atoms with Gasteiger partial charge in [0.1, 0.15) is 5.69 Å². The molecule has 0 aromatic carbocycles. The number of hydrogen-bond acceptors (Lipinski definition) is 4. The summed E-state index contributed by atoms with van der Waals surface area (Å²) in [5.74, 6) is 0.205. The van der Waals surface area contributed by atoms with E-state index in [2.05, 4.69) is 4.98 Å². The van der Waals surface area contributed by atoms with Crippen LogP contribution in [-0.2, 0) is 4.74 Å². The minimum absolute atomic E-state index is 0.0371. The second kappa shape index (κ2) is 5.52. The molecule has 0 bridgehead atoms. The number of pyridine rings is 1. The first-order valence-corrected chi connectivity index (χ1v) is 7.58. The Hall–Kier alpha value is -1.42. The van der Waals surface area contributed by atoms with Crippen molar-refractivity contribution in [3.63, 3.8) is 0 Å². The highest BCUT2D eigenvalue weighted by Gasteiger charge is 2.40. The molecule has 1 aliphatic carbocycles. The Labute approximate surface area is 119 Å². The van der Waals surface area contributed by atoms with Gasteiger partial charge in [0, 0.05) is 12.5 Å². The molecule has 1 aromatic heterocycles. The number of carbonyl (C=O) groups excluding carboxylic acids is 1. The van der Waals surface area contributed by atoms with E-state index in [9.17, 15) is 4.79 Å². The van der Waals surface area contributed by atoms with Gasteiger partial charge >= 0.3 is 0 Å². The minimum Gasteiger partial charge on any atom is -0.397 e. The van der Waals surface area contributed by atoms with Crippen molar-refractivity contribution in [2.75, 3.05) is 12.3 Å². The Morgan fingerprint density at radius 1 is 1.30 bits per heavy atom. The summed E-state index contributed by atoms with van der Waals surface area (Å²) in [5, 5.41) is 0. The van der Waals surface area contributed by atoms with Crippen LogP contribution in [-0.4, -0.2) is 23.0 Å². The maximum Gasteiger partial charge on any atom is 0.184 e. The number of aromatic nitrogens is 1. The SMILES string of the molecule is Nc1ccc(C(=O)C2CCOC3(CCCCC3)C2)nc1. The molecule has 3 rings (SSSR count). The molecular weight excluding hydrogens is 252 g/mol. The van der Waals surface area contributed by atoms with E-state index in [4.69, 9.17) is 10.5 Å². The molecule has 2 fully saturated rings. The van der Waals surface area contributed by atoms with Crippen molar-refractivity contribution in [1.82, 2.24) is 4.98 Å². The van der Waals surface area contributed by atoms with Gasteiger partial charge in [-0.2, -0.15) is 0 Å². The molecule has 1 saturated heterocycles. The van der Waals surface area contributed by atoms with E-state index in [1.165, 1.54) is 19.3 Å². The lowest BCUT2D eigenvalue weighted by atomic mass is 9.74. The van der Waals surface area contributed by atoms with Gasteiger partial charge in [-0.1, -0.05) is 19.3 Å². The van der Waals surface area contributed by atoms with E-state index in [1.807, 2.05) is 0 Å². The topological polar surface area (TPSA) is 65.2 Å². The third-order valence-electron chi connectivity index (χ3n) is 4.67. The van der Waals surface area contributed by atoms with Crippen LogP contribution in [0.1, 0.15) is 55.4 Å². The number of nitrogen functional groups attached to an aromatic ring is 1. The van der Waals surface area contributed by atoms with Gasteiger partial charge in [-0.15, -0.1) is 0 Å². The lowest BCUT2D eigenvalue weighted by molar-refractivity contribution is -0.111. The highest BCUT2D eigenvalue weighted by Crippen LogP contribution is 2.41. The summed E-state index contributed by atoms with van der Waals surface area (Å²) in [4.78, 5) is 16.7. The normalized spacial score (nSPS) is 25.5. The van der Waals surface area contributed by atoms with Gasteiger partial charge in [0.2, 0.25) is 0 Å². The van der Waals surface area contributed by atoms with E-state index < -0.39 is 0 Å². The van der Waals surface area contributed by atoms with Crippen molar-refractivity contribution in [2.24, 2.45) is 5.92 Å². The molecule has 1 saturated carbocycles. The van der Waals surface area contributed by atoms with Crippen LogP contribution in [0.3, 0.4) is 0 Å². The number of nitrogens with two attached hydrogens (primary N) is 1. The molecule has 108 valence electrons. The zero-order valence-corrected chi connectivity index (χ0v) is 11.8. The van der Waals surface area contributed by atoms with Crippen molar-refractivity contribution in [2.45, 2.75) is 50.5 Å². The highest BCUT2D eigenvalue weighted by atomic mass is 16.5. The molecule has 4 nitrogen and oxygen atoms in total. The number of ether oxygens (including phenoxy) is 1. The summed E-state index contributed by atoms with van der Waals surface area (Å²) in [6, 6.07) is 3.48. The number of hydrogen-bond donors (Lipinski definition) is 1. The Kier molecular flexibility index (Phi) is 3.74. The zero-order chi connectivity index (χ0) is 14.0. The van der Waals surface area contributed by atoms with Gasteiger partial charge in [0.15, 0.2) is 5.78 Å². The van der Waals surface area contributed by atoms with Crippen molar-refractivity contribution in [3.8, 4) is 0 Å². The molecule has 1 aliphatic heterocycles. The molecule has 2 aliphatic rings. The Bertz CT molecular complexity index is 472. The number of Topliss-reactive ketones (excluding diaryl/α,β-unsaturated/α-hetero) is 1. The van der Waals surface area contributed by atoms with Gasteiger partial charge in [-0.25, -0.2) is 0 Å². The molecule has 2 heterocycles. The van der Waals surface area contributed by atoms with Gasteiger partial charge in [0.25, 0.3) is 0 Å². The van der Waals surface area contributed by atoms with Crippen LogP contribution in [0.4, 0.5) is 5.69 Å². The first-order valence-electron chi connectivity index (χ1n) is 7.58. The summed E-state index contributed by atoms with van der Waals surface area (Å²) < 4.78 is 6.05. The average Bonchev–Trinajstić information content (AvgIpc) is 2.48. The molecular formula is C16H22N2O2.